The van der Waals surface area contributed by atoms with Crippen molar-refractivity contribution >= 4 is 5.97 Å². The Bertz CT molecular complexity index is 164. The largest absolute Gasteiger partial charge is 0.468 e. The van der Waals surface area contributed by atoms with E-state index in [0.29, 0.717) is 26.4 Å². The van der Waals surface area contributed by atoms with Crippen LogP contribution in [-0.2, 0) is 19.0 Å². The standard InChI is InChI=1S/C10H21NO4/c1-9(10(12)14-3)11-5-8-15-7-4-6-13-2/h9,11H,4-8H2,1-3H3. The highest BCUT2D eigenvalue weighted by molar-refractivity contribution is 5.74. The van der Waals surface area contributed by atoms with E-state index in [-0.39, 0.29) is 12.0 Å². The summed E-state index contributed by atoms with van der Waals surface area (Å²) in [5.41, 5.74) is 0. The lowest BCUT2D eigenvalue weighted by molar-refractivity contribution is -0.142. The van der Waals surface area contributed by atoms with Crippen LogP contribution in [0.15, 0.2) is 0 Å². The Balaban J connectivity index is 3.20. The molecule has 0 radical (unpaired) electrons. The highest BCUT2D eigenvalue weighted by Gasteiger charge is 2.10. The van der Waals surface area contributed by atoms with E-state index in [1.54, 1.807) is 14.0 Å². The number of rotatable bonds is 9. The first-order chi connectivity index (χ1) is 7.22. The predicted molar refractivity (Wildman–Crippen MR) is 56.8 cm³/mol. The molecule has 90 valence electrons. The topological polar surface area (TPSA) is 56.8 Å². The third-order valence-electron chi connectivity index (χ3n) is 1.89. The molecule has 0 aliphatic carbocycles. The molecule has 0 rings (SSSR count). The lowest BCUT2D eigenvalue weighted by Gasteiger charge is -2.11. The number of ether oxygens (including phenoxy) is 3. The van der Waals surface area contributed by atoms with Gasteiger partial charge >= 0.3 is 5.97 Å². The number of nitrogens with one attached hydrogen (secondary N) is 1. The van der Waals surface area contributed by atoms with Crippen molar-refractivity contribution in [2.75, 3.05) is 40.6 Å². The van der Waals surface area contributed by atoms with E-state index in [4.69, 9.17) is 9.47 Å². The van der Waals surface area contributed by atoms with Crippen LogP contribution >= 0.6 is 0 Å². The maximum Gasteiger partial charge on any atom is 0.322 e. The van der Waals surface area contributed by atoms with Crippen molar-refractivity contribution in [1.29, 1.82) is 0 Å². The molecular weight excluding hydrogens is 198 g/mol. The van der Waals surface area contributed by atoms with Gasteiger partial charge in [0.15, 0.2) is 0 Å². The van der Waals surface area contributed by atoms with Crippen molar-refractivity contribution in [3.8, 4) is 0 Å². The zero-order chi connectivity index (χ0) is 11.5. The molecule has 0 aromatic heterocycles. The van der Waals surface area contributed by atoms with E-state index in [1.807, 2.05) is 0 Å². The lowest BCUT2D eigenvalue weighted by atomic mass is 10.3. The highest BCUT2D eigenvalue weighted by Crippen LogP contribution is 1.86. The van der Waals surface area contributed by atoms with Crippen LogP contribution in [0.5, 0.6) is 0 Å². The lowest BCUT2D eigenvalue weighted by Crippen LogP contribution is -2.36. The Kier molecular flexibility index (Phi) is 9.46. The molecule has 0 spiro atoms. The van der Waals surface area contributed by atoms with E-state index in [1.165, 1.54) is 7.11 Å². The predicted octanol–water partition coefficient (Wildman–Crippen LogP) is 0.191. The van der Waals surface area contributed by atoms with Crippen molar-refractivity contribution in [3.05, 3.63) is 0 Å². The van der Waals surface area contributed by atoms with Gasteiger partial charge in [-0.15, -0.1) is 0 Å². The third-order valence-corrected chi connectivity index (χ3v) is 1.89. The van der Waals surface area contributed by atoms with Crippen LogP contribution in [0.25, 0.3) is 0 Å². The molecule has 0 amide bonds. The second-order valence-electron chi connectivity index (χ2n) is 3.16. The van der Waals surface area contributed by atoms with Gasteiger partial charge in [-0.2, -0.15) is 0 Å². The van der Waals surface area contributed by atoms with Crippen LogP contribution in [-0.4, -0.2) is 52.6 Å². The smallest absolute Gasteiger partial charge is 0.322 e. The second-order valence-corrected chi connectivity index (χ2v) is 3.16. The monoisotopic (exact) mass is 219 g/mol. The zero-order valence-electron chi connectivity index (χ0n) is 9.75. The van der Waals surface area contributed by atoms with Gasteiger partial charge in [-0.1, -0.05) is 0 Å². The summed E-state index contributed by atoms with van der Waals surface area (Å²) in [5, 5.41) is 2.99. The van der Waals surface area contributed by atoms with Crippen LogP contribution in [0.3, 0.4) is 0 Å². The van der Waals surface area contributed by atoms with Gasteiger partial charge in [0.05, 0.1) is 13.7 Å². The molecule has 1 N–H and O–H groups in total. The molecule has 0 aromatic rings. The Morgan fingerprint density at radius 2 is 2.00 bits per heavy atom. The van der Waals surface area contributed by atoms with E-state index >= 15 is 0 Å². The average Bonchev–Trinajstić information content (AvgIpc) is 2.26. The summed E-state index contributed by atoms with van der Waals surface area (Å²) in [4.78, 5) is 11.0. The van der Waals surface area contributed by atoms with E-state index in [0.717, 1.165) is 6.42 Å². The normalized spacial score (nSPS) is 12.5. The second kappa shape index (κ2) is 9.89. The first-order valence-electron chi connectivity index (χ1n) is 5.10. The molecule has 0 aliphatic rings. The molecule has 0 heterocycles. The van der Waals surface area contributed by atoms with Crippen LogP contribution in [0.4, 0.5) is 0 Å². The summed E-state index contributed by atoms with van der Waals surface area (Å²) in [7, 11) is 3.04. The fraction of sp³-hybridized carbons (Fsp3) is 0.900. The maximum atomic E-state index is 11.0. The Morgan fingerprint density at radius 3 is 2.60 bits per heavy atom. The summed E-state index contributed by atoms with van der Waals surface area (Å²) in [5.74, 6) is -0.255. The van der Waals surface area contributed by atoms with Crippen LogP contribution in [0, 0.1) is 0 Å². The van der Waals surface area contributed by atoms with Gasteiger partial charge in [0, 0.05) is 26.9 Å². The number of hydrogen-bond donors (Lipinski definition) is 1. The van der Waals surface area contributed by atoms with E-state index in [2.05, 4.69) is 10.1 Å². The van der Waals surface area contributed by atoms with E-state index < -0.39 is 0 Å². The van der Waals surface area contributed by atoms with Crippen LogP contribution in [0.2, 0.25) is 0 Å². The molecule has 0 saturated carbocycles. The number of hydrogen-bond acceptors (Lipinski definition) is 5. The molecule has 0 aromatic carbocycles. The van der Waals surface area contributed by atoms with Gasteiger partial charge in [-0.3, -0.25) is 4.79 Å². The molecule has 5 heteroatoms. The number of esters is 1. The fourth-order valence-electron chi connectivity index (χ4n) is 1.02. The minimum atomic E-state index is -0.280. The summed E-state index contributed by atoms with van der Waals surface area (Å²) < 4.78 is 14.7. The van der Waals surface area contributed by atoms with Gasteiger partial charge in [0.2, 0.25) is 0 Å². The van der Waals surface area contributed by atoms with Crippen molar-refractivity contribution in [1.82, 2.24) is 5.32 Å². The van der Waals surface area contributed by atoms with Gasteiger partial charge in [0.25, 0.3) is 0 Å². The fourth-order valence-corrected chi connectivity index (χ4v) is 1.02. The minimum Gasteiger partial charge on any atom is -0.468 e. The molecule has 15 heavy (non-hydrogen) atoms. The van der Waals surface area contributed by atoms with Crippen molar-refractivity contribution < 1.29 is 19.0 Å². The first kappa shape index (κ1) is 14.3. The number of carbonyl (C=O) groups excluding carboxylic acids is 1. The SMILES string of the molecule is COCCCOCCNC(C)C(=O)OC. The molecule has 1 unspecified atom stereocenters. The first-order valence-corrected chi connectivity index (χ1v) is 5.10. The zero-order valence-corrected chi connectivity index (χ0v) is 9.75. The third kappa shape index (κ3) is 8.35. The van der Waals surface area contributed by atoms with Gasteiger partial charge in [0.1, 0.15) is 6.04 Å². The van der Waals surface area contributed by atoms with Crippen molar-refractivity contribution in [2.45, 2.75) is 19.4 Å². The number of methoxy groups -OCH3 is 2. The molecule has 0 bridgehead atoms. The Morgan fingerprint density at radius 1 is 1.27 bits per heavy atom. The summed E-state index contributed by atoms with van der Waals surface area (Å²) in [6.07, 6.45) is 0.892. The van der Waals surface area contributed by atoms with Crippen molar-refractivity contribution in [3.63, 3.8) is 0 Å². The van der Waals surface area contributed by atoms with Gasteiger partial charge in [-0.05, 0) is 13.3 Å². The van der Waals surface area contributed by atoms with Crippen LogP contribution in [0.1, 0.15) is 13.3 Å². The number of carbonyl (C=O) groups is 1. The molecule has 1 atom stereocenters. The average molecular weight is 219 g/mol. The summed E-state index contributed by atoms with van der Waals surface area (Å²) in [6.45, 7) is 4.39. The minimum absolute atomic E-state index is 0.255. The van der Waals surface area contributed by atoms with Crippen molar-refractivity contribution in [2.24, 2.45) is 0 Å². The van der Waals surface area contributed by atoms with Crippen LogP contribution < -0.4 is 5.32 Å². The quantitative estimate of drug-likeness (QED) is 0.443. The Hall–Kier alpha value is -0.650. The molecule has 0 saturated heterocycles. The summed E-state index contributed by atoms with van der Waals surface area (Å²) >= 11 is 0. The molecule has 0 fully saturated rings. The highest BCUT2D eigenvalue weighted by atomic mass is 16.5. The van der Waals surface area contributed by atoms with Gasteiger partial charge in [-0.25, -0.2) is 0 Å². The molecule has 5 nitrogen and oxygen atoms in total. The van der Waals surface area contributed by atoms with E-state index in [9.17, 15) is 4.79 Å². The summed E-state index contributed by atoms with van der Waals surface area (Å²) in [6, 6.07) is -0.280. The van der Waals surface area contributed by atoms with Gasteiger partial charge < -0.3 is 19.5 Å². The molecular formula is C10H21NO4. The molecule has 0 aliphatic heterocycles. The maximum absolute atomic E-state index is 11.0. The Labute approximate surface area is 91.1 Å².